The van der Waals surface area contributed by atoms with Crippen LogP contribution in [-0.2, 0) is 0 Å². The summed E-state index contributed by atoms with van der Waals surface area (Å²) in [6.45, 7) is 0. The van der Waals surface area contributed by atoms with E-state index in [0.717, 1.165) is 78.8 Å². The molecule has 3 heterocycles. The second kappa shape index (κ2) is 11.9. The molecular weight excluding hydrogens is 625 g/mol. The Morgan fingerprint density at radius 3 is 1.90 bits per heavy atom. The van der Waals surface area contributed by atoms with Gasteiger partial charge in [-0.05, 0) is 77.9 Å². The normalized spacial score (nSPS) is 11.8. The second-order valence-corrected chi connectivity index (χ2v) is 12.7. The zero-order valence-corrected chi connectivity index (χ0v) is 27.5. The number of pyridine rings is 1. The van der Waals surface area contributed by atoms with Crippen molar-refractivity contribution in [3.63, 3.8) is 0 Å². The topological polar surface area (TPSA) is 36.3 Å². The predicted molar refractivity (Wildman–Crippen MR) is 207 cm³/mol. The minimum atomic E-state index is 0.728. The number of hydrogen-bond donors (Lipinski definition) is 0. The van der Waals surface area contributed by atoms with Crippen LogP contribution < -0.4 is 9.47 Å². The van der Waals surface area contributed by atoms with Crippen LogP contribution >= 0.6 is 0 Å². The molecular formula is C47H30N2O2. The molecule has 51 heavy (non-hydrogen) atoms. The number of ether oxygens (including phenoxy) is 2. The molecule has 0 saturated heterocycles. The lowest BCUT2D eigenvalue weighted by Gasteiger charge is -2.23. The standard InChI is InChI=1S/C47H30N2O2/c1-2-13-33(14-3-1)49-41-20-7-4-15-35(41)36-26-24-31(29-42(36)49)34-18-12-23-45-47(34)39-17-6-9-22-44(39)50-43-21-8-5-16-37(43)38-27-25-32(30-46(38)51-45)40-19-10-11-28-48-40/h1-30H. The summed E-state index contributed by atoms with van der Waals surface area (Å²) in [5.41, 5.74) is 11.2. The maximum atomic E-state index is 7.10. The van der Waals surface area contributed by atoms with Gasteiger partial charge in [0.25, 0.3) is 0 Å². The van der Waals surface area contributed by atoms with Crippen molar-refractivity contribution < 1.29 is 9.47 Å². The highest BCUT2D eigenvalue weighted by atomic mass is 16.5. The first-order valence-corrected chi connectivity index (χ1v) is 17.1. The Morgan fingerprint density at radius 1 is 0.392 bits per heavy atom. The van der Waals surface area contributed by atoms with Crippen LogP contribution in [0.25, 0.3) is 72.1 Å². The van der Waals surface area contributed by atoms with E-state index in [0.29, 0.717) is 0 Å². The van der Waals surface area contributed by atoms with Crippen molar-refractivity contribution in [2.75, 3.05) is 0 Å². The van der Waals surface area contributed by atoms with Crippen molar-refractivity contribution in [2.45, 2.75) is 0 Å². The highest BCUT2D eigenvalue weighted by Crippen LogP contribution is 2.50. The molecule has 0 fully saturated rings. The van der Waals surface area contributed by atoms with Gasteiger partial charge in [0, 0.05) is 50.5 Å². The Balaban J connectivity index is 1.23. The highest BCUT2D eigenvalue weighted by Gasteiger charge is 2.24. The first kappa shape index (κ1) is 29.0. The average Bonchev–Trinajstić information content (AvgIpc) is 3.53. The molecule has 0 aliphatic carbocycles. The molecule has 7 aromatic carbocycles. The highest BCUT2D eigenvalue weighted by molar-refractivity contribution is 6.10. The van der Waals surface area contributed by atoms with Crippen molar-refractivity contribution in [1.82, 2.24) is 9.55 Å². The lowest BCUT2D eigenvalue weighted by atomic mass is 9.92. The Bertz CT molecular complexity index is 2750. The molecule has 0 radical (unpaired) electrons. The van der Waals surface area contributed by atoms with Crippen LogP contribution in [0, 0.1) is 0 Å². The van der Waals surface area contributed by atoms with Gasteiger partial charge in [0.15, 0.2) is 0 Å². The Hall–Kier alpha value is -6.91. The van der Waals surface area contributed by atoms with Gasteiger partial charge in [-0.3, -0.25) is 4.98 Å². The van der Waals surface area contributed by atoms with E-state index in [2.05, 4.69) is 137 Å². The fraction of sp³-hybridized carbons (Fsp3) is 0. The van der Waals surface area contributed by atoms with E-state index in [1.165, 1.54) is 16.3 Å². The van der Waals surface area contributed by atoms with Crippen LogP contribution in [0.3, 0.4) is 0 Å². The average molecular weight is 655 g/mol. The Labute approximate surface area is 295 Å². The first-order valence-electron chi connectivity index (χ1n) is 17.1. The van der Waals surface area contributed by atoms with E-state index in [9.17, 15) is 0 Å². The number of benzene rings is 7. The molecule has 0 unspecified atom stereocenters. The van der Waals surface area contributed by atoms with Crippen molar-refractivity contribution in [3.05, 3.63) is 182 Å². The first-order chi connectivity index (χ1) is 25.3. The number of hydrogen-bond acceptors (Lipinski definition) is 3. The largest absolute Gasteiger partial charge is 0.456 e. The van der Waals surface area contributed by atoms with Gasteiger partial charge in [-0.1, -0.05) is 109 Å². The SMILES string of the molecule is c1ccc(-n2c3ccccc3c3ccc(-c4cccc5c4-c4ccccc4Oc4ccccc4-c4ccc(-c6ccccn6)cc4O5)cc32)cc1. The summed E-state index contributed by atoms with van der Waals surface area (Å²) in [6, 6.07) is 60.9. The van der Waals surface area contributed by atoms with Gasteiger partial charge < -0.3 is 14.0 Å². The van der Waals surface area contributed by atoms with Gasteiger partial charge in [-0.2, -0.15) is 0 Å². The third kappa shape index (κ3) is 4.88. The molecule has 10 rings (SSSR count). The van der Waals surface area contributed by atoms with Crippen molar-refractivity contribution in [3.8, 4) is 73.3 Å². The summed E-state index contributed by atoms with van der Waals surface area (Å²) in [5, 5.41) is 2.43. The summed E-state index contributed by atoms with van der Waals surface area (Å²) in [4.78, 5) is 4.63. The molecule has 1 aliphatic heterocycles. The van der Waals surface area contributed by atoms with Crippen LogP contribution in [0.2, 0.25) is 0 Å². The Morgan fingerprint density at radius 2 is 1.04 bits per heavy atom. The van der Waals surface area contributed by atoms with Crippen molar-refractivity contribution >= 4 is 21.8 Å². The number of aromatic nitrogens is 2. The Kier molecular flexibility index (Phi) is 6.78. The number of fused-ring (bicyclic) bond motifs is 9. The molecule has 0 spiro atoms. The number of nitrogens with zero attached hydrogens (tertiary/aromatic N) is 2. The van der Waals surface area contributed by atoms with Crippen molar-refractivity contribution in [1.29, 1.82) is 0 Å². The summed E-state index contributed by atoms with van der Waals surface area (Å²) < 4.78 is 16.3. The van der Waals surface area contributed by atoms with Gasteiger partial charge in [-0.25, -0.2) is 0 Å². The predicted octanol–water partition coefficient (Wildman–Crippen LogP) is 12.7. The zero-order valence-electron chi connectivity index (χ0n) is 27.5. The van der Waals surface area contributed by atoms with E-state index < -0.39 is 0 Å². The van der Waals surface area contributed by atoms with Gasteiger partial charge >= 0.3 is 0 Å². The van der Waals surface area contributed by atoms with Gasteiger partial charge in [0.2, 0.25) is 0 Å². The molecule has 9 aromatic rings. The summed E-state index contributed by atoms with van der Waals surface area (Å²) in [5.74, 6) is 2.99. The van der Waals surface area contributed by atoms with Gasteiger partial charge in [0.05, 0.1) is 16.7 Å². The van der Waals surface area contributed by atoms with Crippen LogP contribution in [-0.4, -0.2) is 9.55 Å². The van der Waals surface area contributed by atoms with Crippen LogP contribution in [0.15, 0.2) is 182 Å². The maximum Gasteiger partial charge on any atom is 0.136 e. The fourth-order valence-corrected chi connectivity index (χ4v) is 7.43. The summed E-state index contributed by atoms with van der Waals surface area (Å²) >= 11 is 0. The number of para-hydroxylation sites is 4. The molecule has 4 nitrogen and oxygen atoms in total. The van der Waals surface area contributed by atoms with E-state index >= 15 is 0 Å². The lowest BCUT2D eigenvalue weighted by Crippen LogP contribution is -1.99. The summed E-state index contributed by atoms with van der Waals surface area (Å²) in [6.07, 6.45) is 1.82. The third-order valence-electron chi connectivity index (χ3n) is 9.74. The summed E-state index contributed by atoms with van der Waals surface area (Å²) in [7, 11) is 0. The van der Waals surface area contributed by atoms with E-state index in [1.54, 1.807) is 0 Å². The van der Waals surface area contributed by atoms with Crippen LogP contribution in [0.4, 0.5) is 0 Å². The molecule has 1 aliphatic rings. The molecule has 240 valence electrons. The van der Waals surface area contributed by atoms with Crippen molar-refractivity contribution in [2.24, 2.45) is 0 Å². The molecule has 0 saturated carbocycles. The molecule has 0 atom stereocenters. The zero-order chi connectivity index (χ0) is 33.7. The maximum absolute atomic E-state index is 7.10. The molecule has 0 amide bonds. The molecule has 0 bridgehead atoms. The second-order valence-electron chi connectivity index (χ2n) is 12.7. The molecule has 0 N–H and O–H groups in total. The van der Waals surface area contributed by atoms with Gasteiger partial charge in [-0.15, -0.1) is 0 Å². The third-order valence-corrected chi connectivity index (χ3v) is 9.74. The van der Waals surface area contributed by atoms with Crippen LogP contribution in [0.5, 0.6) is 23.0 Å². The van der Waals surface area contributed by atoms with E-state index in [1.807, 2.05) is 54.7 Å². The van der Waals surface area contributed by atoms with Gasteiger partial charge in [0.1, 0.15) is 23.0 Å². The van der Waals surface area contributed by atoms with Crippen LogP contribution in [0.1, 0.15) is 0 Å². The van der Waals surface area contributed by atoms with E-state index in [-0.39, 0.29) is 0 Å². The quantitative estimate of drug-likeness (QED) is 0.190. The monoisotopic (exact) mass is 654 g/mol. The molecule has 4 heteroatoms. The smallest absolute Gasteiger partial charge is 0.136 e. The number of rotatable bonds is 3. The minimum Gasteiger partial charge on any atom is -0.456 e. The molecule has 2 aromatic heterocycles. The minimum absolute atomic E-state index is 0.728. The van der Waals surface area contributed by atoms with E-state index in [4.69, 9.17) is 9.47 Å². The lowest BCUT2D eigenvalue weighted by molar-refractivity contribution is 0.472. The fourth-order valence-electron chi connectivity index (χ4n) is 7.43.